The Balaban J connectivity index is 0.000000204. The van der Waals surface area contributed by atoms with E-state index in [-0.39, 0.29) is 6.61 Å². The fourth-order valence-corrected chi connectivity index (χ4v) is 13.7. The number of rotatable bonds is 15. The van der Waals surface area contributed by atoms with E-state index in [9.17, 15) is 54.2 Å². The van der Waals surface area contributed by atoms with Crippen molar-refractivity contribution >= 4 is 45.9 Å². The highest BCUT2D eigenvalue weighted by Crippen LogP contribution is 2.39. The molecule has 24 heteroatoms. The van der Waals surface area contributed by atoms with E-state index in [4.69, 9.17) is 29.8 Å². The predicted octanol–water partition coefficient (Wildman–Crippen LogP) is 17.8. The average molecular weight is 1360 g/mol. The first-order chi connectivity index (χ1) is 43.8. The zero-order valence-electron chi connectivity index (χ0n) is 52.4. The van der Waals surface area contributed by atoms with Crippen LogP contribution in [0.25, 0.3) is 33.4 Å². The Bertz CT molecular complexity index is 3780. The molecular weight excluding hydrogens is 1280 g/mol. The Morgan fingerprint density at radius 1 is 0.484 bits per heavy atom. The van der Waals surface area contributed by atoms with Gasteiger partial charge in [-0.2, -0.15) is 39.5 Å². The van der Waals surface area contributed by atoms with Crippen molar-refractivity contribution in [2.24, 2.45) is 0 Å². The molecular formula is C69H73F9N2O10S3. The third kappa shape index (κ3) is 19.5. The lowest BCUT2D eigenvalue weighted by molar-refractivity contribution is -0.465. The second-order valence-corrected chi connectivity index (χ2v) is 26.1. The summed E-state index contributed by atoms with van der Waals surface area (Å²) in [6, 6.07) is 27.6. The second kappa shape index (κ2) is 31.4. The molecule has 500 valence electrons. The molecule has 0 radical (unpaired) electrons. The summed E-state index contributed by atoms with van der Waals surface area (Å²) in [5.41, 5.74) is 8.89. The smallest absolute Gasteiger partial charge is 0.416 e. The van der Waals surface area contributed by atoms with E-state index < -0.39 is 58.4 Å². The third-order valence-electron chi connectivity index (χ3n) is 16.0. The molecule has 0 bridgehead atoms. The van der Waals surface area contributed by atoms with Crippen LogP contribution in [0.3, 0.4) is 0 Å². The number of aliphatic carboxylic acids is 1. The van der Waals surface area contributed by atoms with Gasteiger partial charge in [-0.05, 0) is 230 Å². The molecule has 93 heavy (non-hydrogen) atoms. The molecule has 10 rings (SSSR count). The number of benzene rings is 5. The third-order valence-corrected chi connectivity index (χ3v) is 19.3. The highest BCUT2D eigenvalue weighted by Gasteiger charge is 2.35. The quantitative estimate of drug-likeness (QED) is 0.0334. The first-order valence-corrected chi connectivity index (χ1v) is 32.2. The monoisotopic (exact) mass is 1360 g/mol. The van der Waals surface area contributed by atoms with Gasteiger partial charge in [0.05, 0.1) is 29.9 Å². The van der Waals surface area contributed by atoms with Crippen LogP contribution in [0.1, 0.15) is 105 Å². The summed E-state index contributed by atoms with van der Waals surface area (Å²) in [6.07, 6.45) is -9.49. The van der Waals surface area contributed by atoms with E-state index in [1.54, 1.807) is 55.6 Å². The number of fused-ring (bicyclic) bond motifs is 2. The van der Waals surface area contributed by atoms with Gasteiger partial charge in [0.2, 0.25) is 0 Å². The van der Waals surface area contributed by atoms with Crippen molar-refractivity contribution in [1.82, 2.24) is 9.80 Å². The zero-order chi connectivity index (χ0) is 68.2. The molecule has 5 aromatic carbocycles. The number of hydrogen-bond acceptors (Lipinski definition) is 14. The minimum atomic E-state index is -4.34. The van der Waals surface area contributed by atoms with Crippen molar-refractivity contribution in [3.63, 3.8) is 0 Å². The van der Waals surface area contributed by atoms with E-state index >= 15 is 0 Å². The molecule has 0 aliphatic carbocycles. The summed E-state index contributed by atoms with van der Waals surface area (Å²) in [5.74, 6) is -0.195. The number of carboxylic acids is 1. The van der Waals surface area contributed by atoms with Crippen LogP contribution in [0.5, 0.6) is 11.5 Å². The van der Waals surface area contributed by atoms with E-state index in [2.05, 4.69) is 20.9 Å². The predicted molar refractivity (Wildman–Crippen MR) is 343 cm³/mol. The Labute approximate surface area is 545 Å². The number of carboxylic acid groups (broad SMARTS) is 1. The summed E-state index contributed by atoms with van der Waals surface area (Å²) in [4.78, 5) is 31.7. The van der Waals surface area contributed by atoms with Gasteiger partial charge in [-0.25, -0.2) is 20.1 Å². The highest BCUT2D eigenvalue weighted by molar-refractivity contribution is 7.11. The standard InChI is InChI=1S/C29H32F3NO3S.C27H28F3NO3S.C13H11F3OS.H2O3/c1-5-35-27(34)28(3,4)36-24-11-8-20-12-14-33(15-13-22(20)16-24)17-26-19(2)25(18-37-26)21-6-9-23(10-7-21)29(30,31)32;1-17-23(19-4-7-21(8-5-19)27(28,29)30)16-35-24(17)15-31-12-10-18-6-9-22(14-20(18)11-13-31)34-26(2,3)25(32)33;1-8-11(7-18-12(8)6-17)9-2-4-10(5-3-9)13(14,15)16;1-3-2/h6-11,16,18H,5,12-15,17H2,1-4H3;4-9,14,16H,10-13,15H2,1-3H3,(H,32,33);2-5,7,17H,6H2,1H3;1-2H. The van der Waals surface area contributed by atoms with Crippen LogP contribution >= 0.6 is 34.0 Å². The number of aliphatic hydroxyl groups excluding tert-OH is 1. The van der Waals surface area contributed by atoms with Crippen molar-refractivity contribution in [2.45, 2.75) is 131 Å². The molecule has 0 fully saturated rings. The maximum absolute atomic E-state index is 12.9. The van der Waals surface area contributed by atoms with E-state index in [1.165, 1.54) is 81.5 Å². The Morgan fingerprint density at radius 2 is 0.796 bits per heavy atom. The minimum absolute atomic E-state index is 0.0445. The van der Waals surface area contributed by atoms with Gasteiger partial charge >= 0.3 is 30.5 Å². The Morgan fingerprint density at radius 3 is 1.10 bits per heavy atom. The number of carbonyl (C=O) groups is 2. The number of carbonyl (C=O) groups excluding carboxylic acids is 1. The fraction of sp³-hybridized carbons (Fsp3) is 0.362. The van der Waals surface area contributed by atoms with Gasteiger partial charge in [0, 0.05) is 53.9 Å². The van der Waals surface area contributed by atoms with E-state index in [0.717, 1.165) is 156 Å². The van der Waals surface area contributed by atoms with E-state index in [0.29, 0.717) is 18.1 Å². The first kappa shape index (κ1) is 73.3. The second-order valence-electron chi connectivity index (χ2n) is 23.2. The molecule has 0 saturated carbocycles. The fourth-order valence-electron chi connectivity index (χ4n) is 10.5. The van der Waals surface area contributed by atoms with Crippen LogP contribution in [0, 0.1) is 20.8 Å². The van der Waals surface area contributed by atoms with Crippen LogP contribution in [-0.4, -0.2) is 86.5 Å². The zero-order valence-corrected chi connectivity index (χ0v) is 54.8. The van der Waals surface area contributed by atoms with Crippen molar-refractivity contribution in [3.05, 3.63) is 196 Å². The Kier molecular flexibility index (Phi) is 24.7. The topological polar surface area (TPSA) is 158 Å². The number of ether oxygens (including phenoxy) is 3. The van der Waals surface area contributed by atoms with Crippen molar-refractivity contribution in [3.8, 4) is 44.9 Å². The number of halogens is 9. The lowest BCUT2D eigenvalue weighted by Crippen LogP contribution is -2.39. The van der Waals surface area contributed by atoms with Crippen LogP contribution in [0.4, 0.5) is 39.5 Å². The number of esters is 1. The molecule has 0 saturated heterocycles. The van der Waals surface area contributed by atoms with Gasteiger partial charge in [0.25, 0.3) is 0 Å². The molecule has 2 aliphatic rings. The van der Waals surface area contributed by atoms with E-state index in [1.807, 2.05) is 67.2 Å². The normalized spacial score (nSPS) is 13.9. The van der Waals surface area contributed by atoms with Gasteiger partial charge < -0.3 is 24.4 Å². The van der Waals surface area contributed by atoms with Gasteiger partial charge in [-0.1, -0.05) is 53.6 Å². The van der Waals surface area contributed by atoms with Crippen LogP contribution < -0.4 is 9.47 Å². The molecule has 12 nitrogen and oxygen atoms in total. The van der Waals surface area contributed by atoms with Crippen molar-refractivity contribution in [2.75, 3.05) is 32.8 Å². The lowest BCUT2D eigenvalue weighted by Gasteiger charge is -2.24. The molecule has 0 unspecified atom stereocenters. The highest BCUT2D eigenvalue weighted by atomic mass is 32.1. The molecule has 3 aromatic heterocycles. The maximum atomic E-state index is 12.9. The minimum Gasteiger partial charge on any atom is -0.478 e. The summed E-state index contributed by atoms with van der Waals surface area (Å²) >= 11 is 4.70. The molecule has 5 heterocycles. The van der Waals surface area contributed by atoms with Gasteiger partial charge in [-0.15, -0.1) is 34.0 Å². The largest absolute Gasteiger partial charge is 0.478 e. The van der Waals surface area contributed by atoms with Crippen LogP contribution in [-0.2, 0) is 83.3 Å². The number of alkyl halides is 9. The van der Waals surface area contributed by atoms with Crippen molar-refractivity contribution < 1.29 is 89.1 Å². The average Bonchev–Trinajstić information content (AvgIpc) is 1.76. The molecule has 4 N–H and O–H groups in total. The maximum Gasteiger partial charge on any atom is 0.416 e. The number of hydrogen-bond donors (Lipinski definition) is 4. The summed E-state index contributed by atoms with van der Waals surface area (Å²) < 4.78 is 132. The van der Waals surface area contributed by atoms with Crippen LogP contribution in [0.2, 0.25) is 0 Å². The SMILES string of the molecule is CCOC(=O)C(C)(C)Oc1ccc2c(c1)CCN(Cc1scc(-c3ccc(C(F)(F)F)cc3)c1C)CC2.Cc1c(-c2ccc(C(F)(F)F)cc2)csc1CN1CCc2ccc(OC(C)(C)C(=O)O)cc2CC1.Cc1c(-c2ccc(C(F)(F)F)cc2)csc1CO.OOO. The Hall–Kier alpha value is -7.13. The number of nitrogens with zero attached hydrogens (tertiary/aromatic N) is 2. The lowest BCUT2D eigenvalue weighted by atomic mass is 10.0. The number of aliphatic hydroxyl groups is 1. The molecule has 0 amide bonds. The van der Waals surface area contributed by atoms with Gasteiger partial charge in [0.1, 0.15) is 11.5 Å². The summed E-state index contributed by atoms with van der Waals surface area (Å²) in [6.45, 7) is 19.6. The molecule has 0 spiro atoms. The summed E-state index contributed by atoms with van der Waals surface area (Å²) in [5, 5.41) is 39.8. The van der Waals surface area contributed by atoms with Gasteiger partial charge in [0.15, 0.2) is 11.2 Å². The molecule has 0 atom stereocenters. The molecule has 2 aliphatic heterocycles. The summed E-state index contributed by atoms with van der Waals surface area (Å²) in [7, 11) is 0. The number of thiophene rings is 3. The molecule has 8 aromatic rings. The first-order valence-electron chi connectivity index (χ1n) is 29.5. The van der Waals surface area contributed by atoms with Crippen LogP contribution in [0.15, 0.2) is 125 Å². The van der Waals surface area contributed by atoms with Gasteiger partial charge in [-0.3, -0.25) is 9.80 Å². The van der Waals surface area contributed by atoms with Crippen molar-refractivity contribution in [1.29, 1.82) is 0 Å².